The number of nitrogens with one attached hydrogen (secondary N) is 1. The fourth-order valence-electron chi connectivity index (χ4n) is 1.55. The first-order chi connectivity index (χ1) is 6.83. The van der Waals surface area contributed by atoms with Gasteiger partial charge in [0.1, 0.15) is 11.3 Å². The number of fused-ring (bicyclic) bond motifs is 1. The molecule has 0 atom stereocenters. The van der Waals surface area contributed by atoms with Gasteiger partial charge in [0.15, 0.2) is 0 Å². The van der Waals surface area contributed by atoms with E-state index in [2.05, 4.69) is 10.2 Å². The van der Waals surface area contributed by atoms with Crippen LogP contribution in [0, 0.1) is 0 Å². The van der Waals surface area contributed by atoms with Crippen molar-refractivity contribution in [3.05, 3.63) is 23.9 Å². The number of phenolic OH excluding ortho intramolecular Hbond substituents is 1. The maximum atomic E-state index is 9.50. The van der Waals surface area contributed by atoms with Gasteiger partial charge in [0.2, 0.25) is 0 Å². The molecule has 2 aromatic rings. The molecule has 4 heteroatoms. The fraction of sp³-hybridized carbons (Fsp3) is 0.300. The van der Waals surface area contributed by atoms with Gasteiger partial charge < -0.3 is 10.8 Å². The normalized spacial score (nSPS) is 10.9. The molecule has 74 valence electrons. The standard InChI is InChI=1S/C10H13N3O/c11-6-2-4-8-7-3-1-5-9(14)10(7)13-12-8/h1,3,5,14H,2,4,6,11H2,(H,12,13). The van der Waals surface area contributed by atoms with Gasteiger partial charge in [-0.1, -0.05) is 12.1 Å². The van der Waals surface area contributed by atoms with Crippen molar-refractivity contribution in [2.24, 2.45) is 5.73 Å². The lowest BCUT2D eigenvalue weighted by atomic mass is 10.1. The zero-order valence-corrected chi connectivity index (χ0v) is 7.83. The Bertz CT molecular complexity index is 436. The predicted octanol–water partition coefficient (Wildman–Crippen LogP) is 1.16. The minimum atomic E-state index is 0.220. The highest BCUT2D eigenvalue weighted by molar-refractivity contribution is 5.86. The summed E-state index contributed by atoms with van der Waals surface area (Å²) in [7, 11) is 0. The molecule has 0 aliphatic carbocycles. The van der Waals surface area contributed by atoms with Crippen molar-refractivity contribution in [2.75, 3.05) is 6.54 Å². The number of benzene rings is 1. The molecule has 14 heavy (non-hydrogen) atoms. The highest BCUT2D eigenvalue weighted by Gasteiger charge is 2.07. The summed E-state index contributed by atoms with van der Waals surface area (Å²) in [6, 6.07) is 5.40. The molecule has 0 bridgehead atoms. The van der Waals surface area contributed by atoms with Crippen LogP contribution in [0.4, 0.5) is 0 Å². The summed E-state index contributed by atoms with van der Waals surface area (Å²) < 4.78 is 0. The molecular formula is C10H13N3O. The Morgan fingerprint density at radius 2 is 2.29 bits per heavy atom. The third-order valence-electron chi connectivity index (χ3n) is 2.27. The zero-order valence-electron chi connectivity index (χ0n) is 7.83. The number of nitrogens with zero attached hydrogens (tertiary/aromatic N) is 1. The van der Waals surface area contributed by atoms with Crippen molar-refractivity contribution >= 4 is 10.9 Å². The van der Waals surface area contributed by atoms with E-state index in [0.717, 1.165) is 23.9 Å². The van der Waals surface area contributed by atoms with Crippen LogP contribution in [0.5, 0.6) is 5.75 Å². The quantitative estimate of drug-likeness (QED) is 0.681. The van der Waals surface area contributed by atoms with Crippen LogP contribution < -0.4 is 5.73 Å². The first-order valence-corrected chi connectivity index (χ1v) is 4.68. The summed E-state index contributed by atoms with van der Waals surface area (Å²) in [5, 5.41) is 17.5. The third kappa shape index (κ3) is 1.44. The Balaban J connectivity index is 2.42. The number of aromatic nitrogens is 2. The Kier molecular flexibility index (Phi) is 2.37. The van der Waals surface area contributed by atoms with E-state index in [0.29, 0.717) is 12.1 Å². The number of aryl methyl sites for hydroxylation is 1. The van der Waals surface area contributed by atoms with Crippen LogP contribution in [0.15, 0.2) is 18.2 Å². The number of aromatic hydroxyl groups is 1. The topological polar surface area (TPSA) is 74.9 Å². The fourth-order valence-corrected chi connectivity index (χ4v) is 1.55. The number of hydrogen-bond donors (Lipinski definition) is 3. The maximum absolute atomic E-state index is 9.50. The number of H-pyrrole nitrogens is 1. The highest BCUT2D eigenvalue weighted by Crippen LogP contribution is 2.24. The maximum Gasteiger partial charge on any atom is 0.143 e. The third-order valence-corrected chi connectivity index (χ3v) is 2.27. The summed E-state index contributed by atoms with van der Waals surface area (Å²) in [4.78, 5) is 0. The smallest absolute Gasteiger partial charge is 0.143 e. The number of hydrogen-bond acceptors (Lipinski definition) is 3. The van der Waals surface area contributed by atoms with Crippen molar-refractivity contribution in [1.29, 1.82) is 0 Å². The number of aromatic amines is 1. The minimum absolute atomic E-state index is 0.220. The molecular weight excluding hydrogens is 178 g/mol. The summed E-state index contributed by atoms with van der Waals surface area (Å²) in [5.41, 5.74) is 7.12. The van der Waals surface area contributed by atoms with Crippen LogP contribution in [-0.4, -0.2) is 21.8 Å². The van der Waals surface area contributed by atoms with Gasteiger partial charge in [0.25, 0.3) is 0 Å². The molecule has 1 heterocycles. The minimum Gasteiger partial charge on any atom is -0.506 e. The molecule has 0 aliphatic rings. The molecule has 0 saturated heterocycles. The van der Waals surface area contributed by atoms with E-state index in [4.69, 9.17) is 5.73 Å². The summed E-state index contributed by atoms with van der Waals surface area (Å²) in [6.45, 7) is 0.666. The van der Waals surface area contributed by atoms with Crippen molar-refractivity contribution < 1.29 is 5.11 Å². The molecule has 4 N–H and O–H groups in total. The molecule has 0 radical (unpaired) electrons. The zero-order chi connectivity index (χ0) is 9.97. The molecule has 1 aromatic carbocycles. The van der Waals surface area contributed by atoms with Crippen molar-refractivity contribution in [2.45, 2.75) is 12.8 Å². The van der Waals surface area contributed by atoms with Crippen LogP contribution in [0.25, 0.3) is 10.9 Å². The van der Waals surface area contributed by atoms with E-state index in [-0.39, 0.29) is 5.75 Å². The van der Waals surface area contributed by atoms with Crippen LogP contribution in [0.2, 0.25) is 0 Å². The van der Waals surface area contributed by atoms with Crippen LogP contribution in [0.1, 0.15) is 12.1 Å². The molecule has 0 unspecified atom stereocenters. The number of rotatable bonds is 3. The second-order valence-electron chi connectivity index (χ2n) is 3.27. The Morgan fingerprint density at radius 3 is 3.07 bits per heavy atom. The summed E-state index contributed by atoms with van der Waals surface area (Å²) in [5.74, 6) is 0.220. The lowest BCUT2D eigenvalue weighted by molar-refractivity contribution is 0.480. The first kappa shape index (κ1) is 9.02. The Hall–Kier alpha value is -1.55. The van der Waals surface area contributed by atoms with Gasteiger partial charge >= 0.3 is 0 Å². The van der Waals surface area contributed by atoms with E-state index >= 15 is 0 Å². The van der Waals surface area contributed by atoms with Gasteiger partial charge in [-0.2, -0.15) is 5.10 Å². The molecule has 4 nitrogen and oxygen atoms in total. The second kappa shape index (κ2) is 3.67. The van der Waals surface area contributed by atoms with Crippen LogP contribution >= 0.6 is 0 Å². The van der Waals surface area contributed by atoms with Crippen LogP contribution in [0.3, 0.4) is 0 Å². The van der Waals surface area contributed by atoms with Gasteiger partial charge in [-0.15, -0.1) is 0 Å². The van der Waals surface area contributed by atoms with Crippen LogP contribution in [-0.2, 0) is 6.42 Å². The molecule has 0 saturated carbocycles. The first-order valence-electron chi connectivity index (χ1n) is 4.68. The van der Waals surface area contributed by atoms with E-state index in [1.165, 1.54) is 0 Å². The summed E-state index contributed by atoms with van der Waals surface area (Å²) in [6.07, 6.45) is 1.80. The van der Waals surface area contributed by atoms with Gasteiger partial charge in [0.05, 0.1) is 0 Å². The number of para-hydroxylation sites is 1. The van der Waals surface area contributed by atoms with Gasteiger partial charge in [-0.3, -0.25) is 5.10 Å². The van der Waals surface area contributed by atoms with Gasteiger partial charge in [0, 0.05) is 11.1 Å². The van der Waals surface area contributed by atoms with E-state index < -0.39 is 0 Å². The molecule has 0 aliphatic heterocycles. The summed E-state index contributed by atoms with van der Waals surface area (Å²) >= 11 is 0. The molecule has 1 aromatic heterocycles. The lowest BCUT2D eigenvalue weighted by Gasteiger charge is -1.96. The van der Waals surface area contributed by atoms with Crippen molar-refractivity contribution in [3.63, 3.8) is 0 Å². The number of phenols is 1. The average molecular weight is 191 g/mol. The second-order valence-corrected chi connectivity index (χ2v) is 3.27. The van der Waals surface area contributed by atoms with E-state index in [1.807, 2.05) is 12.1 Å². The van der Waals surface area contributed by atoms with E-state index in [1.54, 1.807) is 6.07 Å². The van der Waals surface area contributed by atoms with Crippen molar-refractivity contribution in [1.82, 2.24) is 10.2 Å². The average Bonchev–Trinajstić information content (AvgIpc) is 2.60. The Labute approximate surface area is 81.7 Å². The van der Waals surface area contributed by atoms with Gasteiger partial charge in [-0.25, -0.2) is 0 Å². The van der Waals surface area contributed by atoms with E-state index in [9.17, 15) is 5.11 Å². The molecule has 0 spiro atoms. The SMILES string of the molecule is NCCCc1[nH]nc2c(O)cccc12. The lowest BCUT2D eigenvalue weighted by Crippen LogP contribution is -2.00. The molecule has 0 fully saturated rings. The van der Waals surface area contributed by atoms with Gasteiger partial charge in [-0.05, 0) is 25.5 Å². The largest absolute Gasteiger partial charge is 0.506 e. The Morgan fingerprint density at radius 1 is 1.43 bits per heavy atom. The molecule has 0 amide bonds. The molecule has 2 rings (SSSR count). The van der Waals surface area contributed by atoms with Crippen molar-refractivity contribution in [3.8, 4) is 5.75 Å². The predicted molar refractivity (Wildman–Crippen MR) is 55.1 cm³/mol. The highest BCUT2D eigenvalue weighted by atomic mass is 16.3. The monoisotopic (exact) mass is 191 g/mol. The number of nitrogens with two attached hydrogens (primary N) is 1.